The zero-order chi connectivity index (χ0) is 19.8. The molecule has 0 saturated carbocycles. The van der Waals surface area contributed by atoms with E-state index in [-0.39, 0.29) is 11.9 Å². The van der Waals surface area contributed by atoms with E-state index in [9.17, 15) is 14.7 Å². The molecule has 4 nitrogen and oxygen atoms in total. The van der Waals surface area contributed by atoms with E-state index < -0.39 is 20.7 Å². The van der Waals surface area contributed by atoms with Gasteiger partial charge in [-0.2, -0.15) is 0 Å². The van der Waals surface area contributed by atoms with Crippen LogP contribution in [0.15, 0.2) is 60.7 Å². The van der Waals surface area contributed by atoms with Crippen molar-refractivity contribution in [1.82, 2.24) is 5.32 Å². The lowest BCUT2D eigenvalue weighted by Crippen LogP contribution is -2.46. The first kappa shape index (κ1) is 20.9. The minimum absolute atomic E-state index is 0.207. The number of benzene rings is 2. The van der Waals surface area contributed by atoms with Gasteiger partial charge in [-0.3, -0.25) is 9.59 Å². The van der Waals surface area contributed by atoms with Crippen LogP contribution >= 0.6 is 0 Å². The second-order valence-corrected chi connectivity index (χ2v) is 10.5. The molecule has 0 fully saturated rings. The average Bonchev–Trinajstić information content (AvgIpc) is 2.66. The minimum atomic E-state index is -1.43. The molecule has 2 N–H and O–H groups in total. The molecule has 0 saturated heterocycles. The highest BCUT2D eigenvalue weighted by Crippen LogP contribution is 2.20. The molecular formula is C22H29NO3Si. The maximum Gasteiger partial charge on any atom is 0.308 e. The molecule has 2 aromatic rings. The molecule has 0 heterocycles. The lowest BCUT2D eigenvalue weighted by molar-refractivity contribution is -0.142. The number of amides is 1. The van der Waals surface area contributed by atoms with Crippen molar-refractivity contribution in [2.45, 2.75) is 38.9 Å². The van der Waals surface area contributed by atoms with Crippen LogP contribution in [0, 0.1) is 11.8 Å². The number of carbonyl (C=O) groups excluding carboxylic acids is 1. The first-order chi connectivity index (χ1) is 12.9. The molecule has 2 aromatic carbocycles. The SMILES string of the molecule is CC(C)CC(NC(=O)c1ccccc1)C(C[SiH](C)c1ccccc1)C(=O)O. The van der Waals surface area contributed by atoms with Crippen LogP contribution in [-0.4, -0.2) is 31.8 Å². The van der Waals surface area contributed by atoms with Crippen molar-refractivity contribution in [2.75, 3.05) is 0 Å². The Balaban J connectivity index is 2.19. The van der Waals surface area contributed by atoms with Crippen LogP contribution in [0.5, 0.6) is 0 Å². The van der Waals surface area contributed by atoms with E-state index in [1.165, 1.54) is 5.19 Å². The van der Waals surface area contributed by atoms with E-state index in [4.69, 9.17) is 0 Å². The van der Waals surface area contributed by atoms with Crippen molar-refractivity contribution in [3.8, 4) is 0 Å². The Morgan fingerprint density at radius 3 is 2.07 bits per heavy atom. The Morgan fingerprint density at radius 2 is 1.56 bits per heavy atom. The van der Waals surface area contributed by atoms with E-state index in [2.05, 4.69) is 37.8 Å². The third-order valence-electron chi connectivity index (χ3n) is 4.86. The number of carboxylic acids is 1. The van der Waals surface area contributed by atoms with Crippen molar-refractivity contribution in [3.05, 3.63) is 66.2 Å². The number of hydrogen-bond acceptors (Lipinski definition) is 2. The molecule has 0 aliphatic carbocycles. The number of rotatable bonds is 9. The summed E-state index contributed by atoms with van der Waals surface area (Å²) in [6.45, 7) is 6.29. The first-order valence-electron chi connectivity index (χ1n) is 9.52. The summed E-state index contributed by atoms with van der Waals surface area (Å²) in [7, 11) is -1.43. The van der Waals surface area contributed by atoms with Gasteiger partial charge in [-0.15, -0.1) is 0 Å². The highest BCUT2D eigenvalue weighted by Gasteiger charge is 2.32. The van der Waals surface area contributed by atoms with Crippen LogP contribution in [-0.2, 0) is 4.79 Å². The van der Waals surface area contributed by atoms with Gasteiger partial charge < -0.3 is 10.4 Å². The van der Waals surface area contributed by atoms with Crippen LogP contribution in [0.25, 0.3) is 0 Å². The molecule has 27 heavy (non-hydrogen) atoms. The number of carboxylic acid groups (broad SMARTS) is 1. The van der Waals surface area contributed by atoms with E-state index in [0.717, 1.165) is 0 Å². The summed E-state index contributed by atoms with van der Waals surface area (Å²) < 4.78 is 0. The molecule has 0 radical (unpaired) electrons. The average molecular weight is 384 g/mol. The Kier molecular flexibility index (Phi) is 7.79. The maximum absolute atomic E-state index is 12.6. The van der Waals surface area contributed by atoms with Crippen molar-refractivity contribution in [2.24, 2.45) is 11.8 Å². The van der Waals surface area contributed by atoms with Gasteiger partial charge in [0.2, 0.25) is 0 Å². The largest absolute Gasteiger partial charge is 0.481 e. The van der Waals surface area contributed by atoms with Crippen LogP contribution < -0.4 is 10.5 Å². The monoisotopic (exact) mass is 383 g/mol. The fraction of sp³-hybridized carbons (Fsp3) is 0.364. The number of carbonyl (C=O) groups is 2. The van der Waals surface area contributed by atoms with Crippen molar-refractivity contribution < 1.29 is 14.7 Å². The van der Waals surface area contributed by atoms with E-state index >= 15 is 0 Å². The van der Waals surface area contributed by atoms with Crippen molar-refractivity contribution in [1.29, 1.82) is 0 Å². The van der Waals surface area contributed by atoms with Gasteiger partial charge in [-0.1, -0.05) is 74.1 Å². The van der Waals surface area contributed by atoms with Crippen molar-refractivity contribution in [3.63, 3.8) is 0 Å². The molecule has 5 heteroatoms. The molecule has 0 aliphatic heterocycles. The molecule has 0 aliphatic rings. The summed E-state index contributed by atoms with van der Waals surface area (Å²) in [6.07, 6.45) is 0.644. The highest BCUT2D eigenvalue weighted by atomic mass is 28.3. The van der Waals surface area contributed by atoms with Crippen LogP contribution in [0.3, 0.4) is 0 Å². The van der Waals surface area contributed by atoms with Gasteiger partial charge in [0.1, 0.15) is 0 Å². The summed E-state index contributed by atoms with van der Waals surface area (Å²) in [5.74, 6) is -1.32. The molecule has 0 bridgehead atoms. The Bertz CT molecular complexity index is 734. The molecule has 0 spiro atoms. The lowest BCUT2D eigenvalue weighted by atomic mass is 9.92. The van der Waals surface area contributed by atoms with E-state index in [1.54, 1.807) is 12.1 Å². The number of hydrogen-bond donors (Lipinski definition) is 2. The van der Waals surface area contributed by atoms with Gasteiger partial charge in [0.25, 0.3) is 5.91 Å². The van der Waals surface area contributed by atoms with Gasteiger partial charge in [-0.25, -0.2) is 0 Å². The van der Waals surface area contributed by atoms with Crippen LogP contribution in [0.1, 0.15) is 30.6 Å². The fourth-order valence-corrected chi connectivity index (χ4v) is 5.85. The lowest BCUT2D eigenvalue weighted by Gasteiger charge is -2.28. The Labute approximate surface area is 163 Å². The summed E-state index contributed by atoms with van der Waals surface area (Å²) in [5, 5.41) is 14.2. The normalized spacial score (nSPS) is 14.4. The third-order valence-corrected chi connectivity index (χ3v) is 7.59. The third kappa shape index (κ3) is 6.36. The van der Waals surface area contributed by atoms with E-state index in [1.807, 2.05) is 36.4 Å². The smallest absolute Gasteiger partial charge is 0.308 e. The maximum atomic E-state index is 12.6. The van der Waals surface area contributed by atoms with Crippen LogP contribution in [0.2, 0.25) is 12.6 Å². The topological polar surface area (TPSA) is 66.4 Å². The predicted molar refractivity (Wildman–Crippen MR) is 112 cm³/mol. The van der Waals surface area contributed by atoms with Crippen molar-refractivity contribution >= 4 is 25.9 Å². The Morgan fingerprint density at radius 1 is 1.00 bits per heavy atom. The molecule has 0 aromatic heterocycles. The molecule has 3 unspecified atom stereocenters. The van der Waals surface area contributed by atoms with E-state index in [0.29, 0.717) is 23.9 Å². The van der Waals surface area contributed by atoms with Gasteiger partial charge in [0, 0.05) is 11.6 Å². The summed E-state index contributed by atoms with van der Waals surface area (Å²) in [4.78, 5) is 24.7. The molecule has 144 valence electrons. The second-order valence-electron chi connectivity index (χ2n) is 7.57. The molecule has 2 rings (SSSR count). The predicted octanol–water partition coefficient (Wildman–Crippen LogP) is 3.30. The fourth-order valence-electron chi connectivity index (χ4n) is 3.41. The van der Waals surface area contributed by atoms with Gasteiger partial charge >= 0.3 is 5.97 Å². The van der Waals surface area contributed by atoms with Gasteiger partial charge in [-0.05, 0) is 30.5 Å². The number of nitrogens with one attached hydrogen (secondary N) is 1. The summed E-state index contributed by atoms with van der Waals surface area (Å²) >= 11 is 0. The quantitative estimate of drug-likeness (QED) is 0.653. The van der Waals surface area contributed by atoms with Gasteiger partial charge in [0.15, 0.2) is 0 Å². The zero-order valence-electron chi connectivity index (χ0n) is 16.3. The molecule has 3 atom stereocenters. The zero-order valence-corrected chi connectivity index (χ0v) is 17.4. The van der Waals surface area contributed by atoms with Gasteiger partial charge in [0.05, 0.1) is 14.7 Å². The second kappa shape index (κ2) is 10.1. The first-order valence-corrected chi connectivity index (χ1v) is 12.1. The Hall–Kier alpha value is -2.40. The minimum Gasteiger partial charge on any atom is -0.481 e. The molecule has 1 amide bonds. The summed E-state index contributed by atoms with van der Waals surface area (Å²) in [5.41, 5.74) is 0.559. The highest BCUT2D eigenvalue weighted by molar-refractivity contribution is 6.72. The number of aliphatic carboxylic acids is 1. The van der Waals surface area contributed by atoms with Crippen LogP contribution in [0.4, 0.5) is 0 Å². The summed E-state index contributed by atoms with van der Waals surface area (Å²) in [6, 6.07) is 19.3. The standard InChI is InChI=1S/C22H29NO3Si/c1-16(2)14-20(23-21(24)17-10-6-4-7-11-17)19(22(25)26)15-27(3)18-12-8-5-9-13-18/h4-13,16,19-20,27H,14-15H2,1-3H3,(H,23,24)(H,25,26). The molecular weight excluding hydrogens is 354 g/mol.